The van der Waals surface area contributed by atoms with Crippen molar-refractivity contribution in [3.63, 3.8) is 0 Å². The van der Waals surface area contributed by atoms with Crippen LogP contribution in [-0.4, -0.2) is 39.9 Å². The van der Waals surface area contributed by atoms with E-state index in [0.717, 1.165) is 18.2 Å². The predicted molar refractivity (Wildman–Crippen MR) is 68.5 cm³/mol. The second-order valence-corrected chi connectivity index (χ2v) is 5.78. The molecule has 0 saturated heterocycles. The molecule has 0 aliphatic carbocycles. The van der Waals surface area contributed by atoms with Crippen LogP contribution in [0.2, 0.25) is 0 Å². The highest BCUT2D eigenvalue weighted by molar-refractivity contribution is 7.89. The van der Waals surface area contributed by atoms with E-state index in [-0.39, 0.29) is 30.2 Å². The number of halogens is 1. The Hall–Kier alpha value is -1.22. The number of benzene rings is 1. The fraction of sp³-hybridized carbons (Fsp3) is 0.455. The van der Waals surface area contributed by atoms with E-state index in [1.165, 1.54) is 7.11 Å². The second kappa shape index (κ2) is 6.80. The van der Waals surface area contributed by atoms with Crippen molar-refractivity contribution in [2.75, 3.05) is 26.0 Å². The summed E-state index contributed by atoms with van der Waals surface area (Å²) in [4.78, 5) is -0.244. The second-order valence-electron chi connectivity index (χ2n) is 4.02. The standard InChI is InChI=1S/C11H17FN2O4S/c1-18-7-10(15)2-3-14-19(16,17)11-5-8(12)4-9(13)6-11/h4-6,10,14-15H,2-3,7,13H2,1H3. The molecule has 0 aliphatic heterocycles. The van der Waals surface area contributed by atoms with Crippen LogP contribution in [0, 0.1) is 5.82 Å². The minimum absolute atomic E-state index is 0.0171. The van der Waals surface area contributed by atoms with Gasteiger partial charge in [-0.25, -0.2) is 17.5 Å². The number of ether oxygens (including phenoxy) is 1. The van der Waals surface area contributed by atoms with Gasteiger partial charge in [0.05, 0.1) is 17.6 Å². The van der Waals surface area contributed by atoms with Crippen molar-refractivity contribution in [3.8, 4) is 0 Å². The van der Waals surface area contributed by atoms with Gasteiger partial charge in [-0.1, -0.05) is 0 Å². The summed E-state index contributed by atoms with van der Waals surface area (Å²) in [5, 5.41) is 9.36. The van der Waals surface area contributed by atoms with Crippen molar-refractivity contribution in [3.05, 3.63) is 24.0 Å². The van der Waals surface area contributed by atoms with Gasteiger partial charge in [0.15, 0.2) is 0 Å². The average Bonchev–Trinajstić information content (AvgIpc) is 2.27. The van der Waals surface area contributed by atoms with Gasteiger partial charge in [-0.3, -0.25) is 0 Å². The van der Waals surface area contributed by atoms with E-state index >= 15 is 0 Å². The Bertz CT molecular complexity index is 501. The van der Waals surface area contributed by atoms with E-state index in [4.69, 9.17) is 10.5 Å². The fourth-order valence-electron chi connectivity index (χ4n) is 1.46. The van der Waals surface area contributed by atoms with Crippen molar-refractivity contribution < 1.29 is 22.7 Å². The maximum Gasteiger partial charge on any atom is 0.240 e. The minimum Gasteiger partial charge on any atom is -0.399 e. The monoisotopic (exact) mass is 292 g/mol. The van der Waals surface area contributed by atoms with Crippen LogP contribution in [0.15, 0.2) is 23.1 Å². The molecule has 19 heavy (non-hydrogen) atoms. The molecule has 4 N–H and O–H groups in total. The van der Waals surface area contributed by atoms with E-state index < -0.39 is 21.9 Å². The Balaban J connectivity index is 2.66. The molecule has 1 aromatic carbocycles. The van der Waals surface area contributed by atoms with Crippen LogP contribution in [0.25, 0.3) is 0 Å². The third-order valence-electron chi connectivity index (χ3n) is 2.33. The Labute approximate surface area is 111 Å². The summed E-state index contributed by atoms with van der Waals surface area (Å²) in [5.74, 6) is -0.722. The van der Waals surface area contributed by atoms with Crippen LogP contribution in [0.4, 0.5) is 10.1 Å². The molecule has 1 unspecified atom stereocenters. The third kappa shape index (κ3) is 5.11. The van der Waals surface area contributed by atoms with Crippen molar-refractivity contribution in [2.24, 2.45) is 0 Å². The lowest BCUT2D eigenvalue weighted by Gasteiger charge is -2.11. The predicted octanol–water partition coefficient (Wildman–Crippen LogP) is 0.0836. The largest absolute Gasteiger partial charge is 0.399 e. The Morgan fingerprint density at radius 2 is 2.16 bits per heavy atom. The quantitative estimate of drug-likeness (QED) is 0.618. The number of nitrogen functional groups attached to an aromatic ring is 1. The SMILES string of the molecule is COCC(O)CCNS(=O)(=O)c1cc(N)cc(F)c1. The molecule has 0 saturated carbocycles. The van der Waals surface area contributed by atoms with Gasteiger partial charge in [0, 0.05) is 19.3 Å². The topological polar surface area (TPSA) is 102 Å². The molecule has 8 heteroatoms. The average molecular weight is 292 g/mol. The summed E-state index contributed by atoms with van der Waals surface area (Å²) < 4.78 is 43.7. The van der Waals surface area contributed by atoms with E-state index in [0.29, 0.717) is 0 Å². The summed E-state index contributed by atoms with van der Waals surface area (Å²) in [6.07, 6.45) is -0.567. The summed E-state index contributed by atoms with van der Waals surface area (Å²) in [6, 6.07) is 3.07. The zero-order valence-corrected chi connectivity index (χ0v) is 11.3. The molecular weight excluding hydrogens is 275 g/mol. The molecule has 0 radical (unpaired) electrons. The highest BCUT2D eigenvalue weighted by atomic mass is 32.2. The van der Waals surface area contributed by atoms with Gasteiger partial charge in [-0.15, -0.1) is 0 Å². The first-order chi connectivity index (χ1) is 8.85. The summed E-state index contributed by atoms with van der Waals surface area (Å²) in [7, 11) is -2.40. The van der Waals surface area contributed by atoms with Gasteiger partial charge in [0.2, 0.25) is 10.0 Å². The highest BCUT2D eigenvalue weighted by Crippen LogP contribution is 2.15. The van der Waals surface area contributed by atoms with E-state index in [2.05, 4.69) is 4.72 Å². The fourth-order valence-corrected chi connectivity index (χ4v) is 2.57. The smallest absolute Gasteiger partial charge is 0.240 e. The van der Waals surface area contributed by atoms with Gasteiger partial charge in [0.25, 0.3) is 0 Å². The van der Waals surface area contributed by atoms with Crippen LogP contribution in [-0.2, 0) is 14.8 Å². The van der Waals surface area contributed by atoms with Crippen LogP contribution >= 0.6 is 0 Å². The van der Waals surface area contributed by atoms with Crippen molar-refractivity contribution in [1.82, 2.24) is 4.72 Å². The van der Waals surface area contributed by atoms with Gasteiger partial charge in [-0.05, 0) is 24.6 Å². The molecule has 0 fully saturated rings. The summed E-state index contributed by atoms with van der Waals surface area (Å²) in [5.41, 5.74) is 5.41. The first-order valence-corrected chi connectivity index (χ1v) is 7.06. The van der Waals surface area contributed by atoms with Gasteiger partial charge < -0.3 is 15.6 Å². The molecule has 1 aromatic rings. The molecule has 0 heterocycles. The number of methoxy groups -OCH3 is 1. The molecule has 0 aromatic heterocycles. The first kappa shape index (κ1) is 15.8. The van der Waals surface area contributed by atoms with Gasteiger partial charge >= 0.3 is 0 Å². The van der Waals surface area contributed by atoms with Crippen LogP contribution < -0.4 is 10.5 Å². The number of hydrogen-bond donors (Lipinski definition) is 3. The number of hydrogen-bond acceptors (Lipinski definition) is 5. The number of aliphatic hydroxyl groups is 1. The van der Waals surface area contributed by atoms with Crippen LogP contribution in [0.5, 0.6) is 0 Å². The number of sulfonamides is 1. The Kier molecular flexibility index (Phi) is 5.67. The molecule has 6 nitrogen and oxygen atoms in total. The van der Waals surface area contributed by atoms with Crippen LogP contribution in [0.1, 0.15) is 6.42 Å². The van der Waals surface area contributed by atoms with E-state index in [1.807, 2.05) is 0 Å². The third-order valence-corrected chi connectivity index (χ3v) is 3.77. The Morgan fingerprint density at radius 1 is 1.47 bits per heavy atom. The number of nitrogens with one attached hydrogen (secondary N) is 1. The van der Waals surface area contributed by atoms with Crippen molar-refractivity contribution in [1.29, 1.82) is 0 Å². The lowest BCUT2D eigenvalue weighted by atomic mass is 10.3. The first-order valence-electron chi connectivity index (χ1n) is 5.58. The maximum absolute atomic E-state index is 13.1. The normalized spacial score (nSPS) is 13.4. The zero-order valence-electron chi connectivity index (χ0n) is 10.5. The molecule has 0 bridgehead atoms. The van der Waals surface area contributed by atoms with E-state index in [9.17, 15) is 17.9 Å². The summed E-state index contributed by atoms with van der Waals surface area (Å²) >= 11 is 0. The maximum atomic E-state index is 13.1. The number of nitrogens with two attached hydrogens (primary N) is 1. The number of rotatable bonds is 7. The number of aliphatic hydroxyl groups excluding tert-OH is 1. The minimum atomic E-state index is -3.84. The lowest BCUT2D eigenvalue weighted by molar-refractivity contribution is 0.0603. The van der Waals surface area contributed by atoms with Crippen LogP contribution in [0.3, 0.4) is 0 Å². The molecule has 1 rings (SSSR count). The molecule has 108 valence electrons. The molecule has 0 aliphatic rings. The highest BCUT2D eigenvalue weighted by Gasteiger charge is 2.16. The number of anilines is 1. The van der Waals surface area contributed by atoms with Gasteiger partial charge in [-0.2, -0.15) is 0 Å². The Morgan fingerprint density at radius 3 is 2.74 bits per heavy atom. The van der Waals surface area contributed by atoms with Crippen molar-refractivity contribution in [2.45, 2.75) is 17.4 Å². The van der Waals surface area contributed by atoms with Gasteiger partial charge in [0.1, 0.15) is 5.82 Å². The molecule has 0 amide bonds. The lowest BCUT2D eigenvalue weighted by Crippen LogP contribution is -2.28. The van der Waals surface area contributed by atoms with Crippen molar-refractivity contribution >= 4 is 15.7 Å². The molecule has 1 atom stereocenters. The summed E-state index contributed by atoms with van der Waals surface area (Å²) in [6.45, 7) is 0.137. The molecule has 0 spiro atoms. The zero-order chi connectivity index (χ0) is 14.5. The van der Waals surface area contributed by atoms with E-state index in [1.54, 1.807) is 0 Å². The molecular formula is C11H17FN2O4S.